The summed E-state index contributed by atoms with van der Waals surface area (Å²) < 4.78 is 17.0. The Morgan fingerprint density at radius 2 is 0.457 bits per heavy atom. The molecule has 0 saturated carbocycles. The fourth-order valence-electron chi connectivity index (χ4n) is 10.8. The number of esters is 3. The molecule has 0 radical (unpaired) electrons. The molecule has 1 atom stereocenters. The van der Waals surface area contributed by atoms with Crippen LogP contribution in [0.3, 0.4) is 0 Å². The summed E-state index contributed by atoms with van der Waals surface area (Å²) in [4.78, 5) is 38.4. The molecule has 0 spiro atoms. The monoisotopic (exact) mass is 1140 g/mol. The molecule has 0 aliphatic heterocycles. The van der Waals surface area contributed by atoms with Gasteiger partial charge in [0.05, 0.1) is 0 Å². The van der Waals surface area contributed by atoms with Crippen molar-refractivity contribution in [3.05, 3.63) is 48.6 Å². The van der Waals surface area contributed by atoms with Gasteiger partial charge in [0.15, 0.2) is 6.10 Å². The van der Waals surface area contributed by atoms with Crippen molar-refractivity contribution >= 4 is 17.9 Å². The third kappa shape index (κ3) is 68.0. The van der Waals surface area contributed by atoms with Gasteiger partial charge in [-0.1, -0.05) is 345 Å². The molecule has 1 unspecified atom stereocenters. The van der Waals surface area contributed by atoms with Crippen LogP contribution in [0, 0.1) is 0 Å². The van der Waals surface area contributed by atoms with Crippen molar-refractivity contribution in [2.24, 2.45) is 0 Å². The van der Waals surface area contributed by atoms with E-state index in [0.29, 0.717) is 19.3 Å². The van der Waals surface area contributed by atoms with Crippen molar-refractivity contribution < 1.29 is 28.6 Å². The van der Waals surface area contributed by atoms with Gasteiger partial charge < -0.3 is 14.2 Å². The first kappa shape index (κ1) is 78.4. The lowest BCUT2D eigenvalue weighted by Gasteiger charge is -2.18. The minimum atomic E-state index is -0.783. The zero-order valence-corrected chi connectivity index (χ0v) is 54.6. The Hall–Kier alpha value is -2.63. The van der Waals surface area contributed by atoms with Gasteiger partial charge >= 0.3 is 17.9 Å². The van der Waals surface area contributed by atoms with Crippen LogP contribution in [0.1, 0.15) is 393 Å². The topological polar surface area (TPSA) is 78.9 Å². The van der Waals surface area contributed by atoms with E-state index in [0.717, 1.165) is 89.9 Å². The first-order chi connectivity index (χ1) is 40.0. The molecule has 81 heavy (non-hydrogen) atoms. The smallest absolute Gasteiger partial charge is 0.306 e. The van der Waals surface area contributed by atoms with Crippen molar-refractivity contribution in [2.75, 3.05) is 13.2 Å². The normalized spacial score (nSPS) is 12.3. The van der Waals surface area contributed by atoms with Gasteiger partial charge in [-0.25, -0.2) is 0 Å². The number of carbonyl (C=O) groups is 3. The molecule has 0 fully saturated rings. The molecule has 0 bridgehead atoms. The summed E-state index contributed by atoms with van der Waals surface area (Å²) in [6, 6.07) is 0. The molecule has 0 heterocycles. The molecule has 0 aliphatic carbocycles. The second kappa shape index (κ2) is 69.9. The Bertz CT molecular complexity index is 1400. The fraction of sp³-hybridized carbons (Fsp3) is 0.853. The van der Waals surface area contributed by atoms with E-state index in [-0.39, 0.29) is 31.1 Å². The van der Waals surface area contributed by atoms with E-state index >= 15 is 0 Å². The predicted octanol–water partition coefficient (Wildman–Crippen LogP) is 24.9. The summed E-state index contributed by atoms with van der Waals surface area (Å²) >= 11 is 0. The summed E-state index contributed by atoms with van der Waals surface area (Å²) in [5.74, 6) is -0.876. The minimum absolute atomic E-state index is 0.0774. The summed E-state index contributed by atoms with van der Waals surface area (Å²) in [5.41, 5.74) is 0. The number of hydrogen-bond donors (Lipinski definition) is 0. The summed E-state index contributed by atoms with van der Waals surface area (Å²) in [5, 5.41) is 0. The van der Waals surface area contributed by atoms with Crippen molar-refractivity contribution in [3.8, 4) is 0 Å². The number of allylic oxidation sites excluding steroid dienone is 8. The van der Waals surface area contributed by atoms with Crippen molar-refractivity contribution in [1.29, 1.82) is 0 Å². The summed E-state index contributed by atoms with van der Waals surface area (Å²) in [6.07, 6.45) is 88.7. The predicted molar refractivity (Wildman–Crippen MR) is 353 cm³/mol. The molecule has 0 amide bonds. The van der Waals surface area contributed by atoms with Gasteiger partial charge in [-0.15, -0.1) is 0 Å². The second-order valence-electron chi connectivity index (χ2n) is 24.5. The highest BCUT2D eigenvalue weighted by Crippen LogP contribution is 2.19. The van der Waals surface area contributed by atoms with E-state index in [1.807, 2.05) is 0 Å². The number of carbonyl (C=O) groups excluding carboxylic acids is 3. The van der Waals surface area contributed by atoms with Crippen molar-refractivity contribution in [3.63, 3.8) is 0 Å². The molecule has 0 saturated heterocycles. The molecule has 0 aliphatic rings. The molecular weight excluding hydrogens is 997 g/mol. The number of rotatable bonds is 67. The number of ether oxygens (including phenoxy) is 3. The van der Waals surface area contributed by atoms with Crippen molar-refractivity contribution in [1.82, 2.24) is 0 Å². The Morgan fingerprint density at radius 1 is 0.247 bits per heavy atom. The van der Waals surface area contributed by atoms with Crippen LogP contribution in [0.25, 0.3) is 0 Å². The standard InChI is InChI=1S/C75H138O6/c1-4-7-10-13-16-19-22-25-28-30-31-32-33-34-35-36-37-38-39-40-41-42-43-44-46-47-50-53-56-59-62-65-68-74(77)80-71-72(70-79-73(76)67-64-61-58-55-52-49-27-24-21-18-15-12-9-6-3)81-75(78)69-66-63-60-57-54-51-48-45-29-26-23-20-17-14-11-8-5-2/h15,17-18,20,24,26-27,29,72H,4-14,16,19,21-23,25,28,30-71H2,1-3H3/b18-15-,20-17-,27-24-,29-26-. The molecule has 0 rings (SSSR count). The Balaban J connectivity index is 4.14. The van der Waals surface area contributed by atoms with E-state index in [1.54, 1.807) is 0 Å². The van der Waals surface area contributed by atoms with Crippen LogP contribution in [-0.2, 0) is 28.6 Å². The van der Waals surface area contributed by atoms with Crippen LogP contribution in [-0.4, -0.2) is 37.2 Å². The third-order valence-electron chi connectivity index (χ3n) is 16.3. The Labute approximate surface area is 505 Å². The van der Waals surface area contributed by atoms with Gasteiger partial charge in [0.1, 0.15) is 13.2 Å². The molecule has 0 N–H and O–H groups in total. The molecule has 0 aromatic carbocycles. The lowest BCUT2D eigenvalue weighted by atomic mass is 10.0. The third-order valence-corrected chi connectivity index (χ3v) is 16.3. The average Bonchev–Trinajstić information content (AvgIpc) is 3.47. The zero-order valence-electron chi connectivity index (χ0n) is 54.6. The van der Waals surface area contributed by atoms with Crippen LogP contribution in [0.5, 0.6) is 0 Å². The highest BCUT2D eigenvalue weighted by atomic mass is 16.6. The van der Waals surface area contributed by atoms with E-state index in [1.165, 1.54) is 263 Å². The quantitative estimate of drug-likeness (QED) is 0.0261. The van der Waals surface area contributed by atoms with Crippen LogP contribution in [0.15, 0.2) is 48.6 Å². The lowest BCUT2D eigenvalue weighted by molar-refractivity contribution is -0.167. The molecule has 6 nitrogen and oxygen atoms in total. The molecular formula is C75H138O6. The summed E-state index contributed by atoms with van der Waals surface area (Å²) in [6.45, 7) is 6.62. The number of hydrogen-bond acceptors (Lipinski definition) is 6. The van der Waals surface area contributed by atoms with E-state index in [9.17, 15) is 14.4 Å². The second-order valence-corrected chi connectivity index (χ2v) is 24.5. The number of unbranched alkanes of at least 4 members (excludes halogenated alkanes) is 48. The van der Waals surface area contributed by atoms with Gasteiger partial charge in [0, 0.05) is 19.3 Å². The van der Waals surface area contributed by atoms with Crippen molar-refractivity contribution in [2.45, 2.75) is 399 Å². The van der Waals surface area contributed by atoms with E-state index in [4.69, 9.17) is 14.2 Å². The minimum Gasteiger partial charge on any atom is -0.462 e. The molecule has 0 aromatic heterocycles. The van der Waals surface area contributed by atoms with Gasteiger partial charge in [0.2, 0.25) is 0 Å². The van der Waals surface area contributed by atoms with Gasteiger partial charge in [-0.2, -0.15) is 0 Å². The largest absolute Gasteiger partial charge is 0.462 e. The van der Waals surface area contributed by atoms with Crippen LogP contribution < -0.4 is 0 Å². The molecule has 0 aromatic rings. The fourth-order valence-corrected chi connectivity index (χ4v) is 10.8. The van der Waals surface area contributed by atoms with Crippen LogP contribution in [0.2, 0.25) is 0 Å². The molecule has 6 heteroatoms. The Kier molecular flexibility index (Phi) is 67.6. The Morgan fingerprint density at radius 3 is 0.741 bits per heavy atom. The van der Waals surface area contributed by atoms with E-state index < -0.39 is 6.10 Å². The SMILES string of the molecule is CCCC/C=C\C/C=C\CCCCCCCC(=O)OCC(COC(=O)CCCCCCCCCCCCCCCCCCCCCCCCCCCCCCCCCC)OC(=O)CCCCCCCCC/C=C\C/C=C\CCCCC. The van der Waals surface area contributed by atoms with Crippen LogP contribution >= 0.6 is 0 Å². The first-order valence-electron chi connectivity index (χ1n) is 36.1. The maximum atomic E-state index is 12.9. The summed E-state index contributed by atoms with van der Waals surface area (Å²) in [7, 11) is 0. The first-order valence-corrected chi connectivity index (χ1v) is 36.1. The highest BCUT2D eigenvalue weighted by Gasteiger charge is 2.19. The maximum absolute atomic E-state index is 12.9. The maximum Gasteiger partial charge on any atom is 0.306 e. The zero-order chi connectivity index (χ0) is 58.5. The van der Waals surface area contributed by atoms with Gasteiger partial charge in [-0.05, 0) is 77.0 Å². The average molecular weight is 1140 g/mol. The van der Waals surface area contributed by atoms with Gasteiger partial charge in [0.25, 0.3) is 0 Å². The van der Waals surface area contributed by atoms with E-state index in [2.05, 4.69) is 69.4 Å². The highest BCUT2D eigenvalue weighted by molar-refractivity contribution is 5.71. The molecule has 474 valence electrons. The lowest BCUT2D eigenvalue weighted by Crippen LogP contribution is -2.30. The van der Waals surface area contributed by atoms with Gasteiger partial charge in [-0.3, -0.25) is 14.4 Å². The van der Waals surface area contributed by atoms with Crippen LogP contribution in [0.4, 0.5) is 0 Å².